The standard InChI is InChI=1S/C14H8ClF3O/c15-13-6-3-10(7-11(13)8-19)9-1-4-12(5-2-9)14(16,17)18/h1-8H. The van der Waals surface area contributed by atoms with Gasteiger partial charge in [0.2, 0.25) is 0 Å². The van der Waals surface area contributed by atoms with Crippen LogP contribution in [0.1, 0.15) is 15.9 Å². The smallest absolute Gasteiger partial charge is 0.298 e. The minimum Gasteiger partial charge on any atom is -0.298 e. The summed E-state index contributed by atoms with van der Waals surface area (Å²) >= 11 is 5.79. The molecule has 0 heterocycles. The maximum Gasteiger partial charge on any atom is 0.416 e. The summed E-state index contributed by atoms with van der Waals surface area (Å²) in [6, 6.07) is 9.46. The molecular weight excluding hydrogens is 277 g/mol. The van der Waals surface area contributed by atoms with Crippen LogP contribution in [-0.4, -0.2) is 6.29 Å². The minimum absolute atomic E-state index is 0.305. The highest BCUT2D eigenvalue weighted by molar-refractivity contribution is 6.33. The molecule has 0 fully saturated rings. The van der Waals surface area contributed by atoms with Crippen molar-refractivity contribution in [3.8, 4) is 11.1 Å². The van der Waals surface area contributed by atoms with Crippen LogP contribution in [0.5, 0.6) is 0 Å². The second-order valence-electron chi connectivity index (χ2n) is 3.93. The van der Waals surface area contributed by atoms with E-state index in [1.54, 1.807) is 6.07 Å². The van der Waals surface area contributed by atoms with Crippen LogP contribution in [0.4, 0.5) is 13.2 Å². The summed E-state index contributed by atoms with van der Waals surface area (Å²) in [4.78, 5) is 10.8. The Bertz CT molecular complexity index is 603. The molecule has 0 radical (unpaired) electrons. The van der Waals surface area contributed by atoms with Crippen molar-refractivity contribution in [3.05, 3.63) is 58.6 Å². The summed E-state index contributed by atoms with van der Waals surface area (Å²) in [5, 5.41) is 0.311. The topological polar surface area (TPSA) is 17.1 Å². The Balaban J connectivity index is 2.40. The molecule has 0 saturated carbocycles. The number of rotatable bonds is 2. The second kappa shape index (κ2) is 5.05. The van der Waals surface area contributed by atoms with E-state index < -0.39 is 11.7 Å². The molecule has 2 rings (SSSR count). The molecule has 2 aromatic rings. The number of carbonyl (C=O) groups excluding carboxylic acids is 1. The third-order valence-corrected chi connectivity index (χ3v) is 3.01. The van der Waals surface area contributed by atoms with Gasteiger partial charge in [-0.15, -0.1) is 0 Å². The van der Waals surface area contributed by atoms with Gasteiger partial charge in [-0.3, -0.25) is 4.79 Å². The van der Waals surface area contributed by atoms with Crippen molar-refractivity contribution in [3.63, 3.8) is 0 Å². The van der Waals surface area contributed by atoms with Crippen molar-refractivity contribution in [2.24, 2.45) is 0 Å². The lowest BCUT2D eigenvalue weighted by molar-refractivity contribution is -0.137. The Labute approximate surface area is 112 Å². The van der Waals surface area contributed by atoms with Gasteiger partial charge in [0.25, 0.3) is 0 Å². The lowest BCUT2D eigenvalue weighted by Crippen LogP contribution is -2.03. The average Bonchev–Trinajstić information content (AvgIpc) is 2.38. The lowest BCUT2D eigenvalue weighted by Gasteiger charge is -2.08. The normalized spacial score (nSPS) is 11.4. The van der Waals surface area contributed by atoms with Crippen LogP contribution in [0.15, 0.2) is 42.5 Å². The average molecular weight is 285 g/mol. The SMILES string of the molecule is O=Cc1cc(-c2ccc(C(F)(F)F)cc2)ccc1Cl. The summed E-state index contributed by atoms with van der Waals surface area (Å²) in [5.74, 6) is 0. The maximum atomic E-state index is 12.4. The molecule has 0 atom stereocenters. The van der Waals surface area contributed by atoms with Crippen LogP contribution in [0.3, 0.4) is 0 Å². The molecule has 0 saturated heterocycles. The number of benzene rings is 2. The Hall–Kier alpha value is -1.81. The highest BCUT2D eigenvalue weighted by Crippen LogP contribution is 2.31. The Morgan fingerprint density at radius 2 is 1.53 bits per heavy atom. The van der Waals surface area contributed by atoms with Crippen molar-refractivity contribution in [2.45, 2.75) is 6.18 Å². The van der Waals surface area contributed by atoms with Crippen LogP contribution in [0, 0.1) is 0 Å². The first-order valence-electron chi connectivity index (χ1n) is 5.34. The fourth-order valence-electron chi connectivity index (χ4n) is 1.67. The quantitative estimate of drug-likeness (QED) is 0.721. The van der Waals surface area contributed by atoms with Gasteiger partial charge in [0.05, 0.1) is 10.6 Å². The molecule has 1 nitrogen and oxygen atoms in total. The molecule has 0 aliphatic carbocycles. The lowest BCUT2D eigenvalue weighted by atomic mass is 10.0. The van der Waals surface area contributed by atoms with Gasteiger partial charge < -0.3 is 0 Å². The number of halogens is 4. The van der Waals surface area contributed by atoms with Gasteiger partial charge >= 0.3 is 6.18 Å². The van der Waals surface area contributed by atoms with E-state index in [-0.39, 0.29) is 0 Å². The van der Waals surface area contributed by atoms with Gasteiger partial charge in [0.1, 0.15) is 0 Å². The molecule has 98 valence electrons. The molecule has 0 amide bonds. The molecule has 0 bridgehead atoms. The molecule has 0 N–H and O–H groups in total. The van der Waals surface area contributed by atoms with Crippen LogP contribution >= 0.6 is 11.6 Å². The van der Waals surface area contributed by atoms with E-state index in [0.717, 1.165) is 12.1 Å². The van der Waals surface area contributed by atoms with Gasteiger partial charge in [0.15, 0.2) is 6.29 Å². The molecule has 19 heavy (non-hydrogen) atoms. The minimum atomic E-state index is -4.35. The molecule has 0 spiro atoms. The fourth-order valence-corrected chi connectivity index (χ4v) is 1.83. The second-order valence-corrected chi connectivity index (χ2v) is 4.34. The molecule has 0 unspecified atom stereocenters. The molecule has 5 heteroatoms. The number of carbonyl (C=O) groups is 1. The number of alkyl halides is 3. The first-order valence-corrected chi connectivity index (χ1v) is 5.72. The van der Waals surface area contributed by atoms with E-state index in [1.807, 2.05) is 0 Å². The van der Waals surface area contributed by atoms with Crippen LogP contribution < -0.4 is 0 Å². The third-order valence-electron chi connectivity index (χ3n) is 2.67. The predicted molar refractivity (Wildman–Crippen MR) is 67.3 cm³/mol. The summed E-state index contributed by atoms with van der Waals surface area (Å²) in [7, 11) is 0. The van der Waals surface area contributed by atoms with E-state index in [9.17, 15) is 18.0 Å². The van der Waals surface area contributed by atoms with Crippen LogP contribution in [0.2, 0.25) is 5.02 Å². The molecule has 0 aliphatic heterocycles. The van der Waals surface area contributed by atoms with E-state index in [0.29, 0.717) is 28.0 Å². The summed E-state index contributed by atoms with van der Waals surface area (Å²) in [6.07, 6.45) is -3.75. The van der Waals surface area contributed by atoms with E-state index >= 15 is 0 Å². The zero-order chi connectivity index (χ0) is 14.0. The van der Waals surface area contributed by atoms with Gasteiger partial charge in [-0.1, -0.05) is 29.8 Å². The molecular formula is C14H8ClF3O. The number of aldehydes is 1. The summed E-state index contributed by atoms with van der Waals surface area (Å²) in [5.41, 5.74) is 0.827. The summed E-state index contributed by atoms with van der Waals surface area (Å²) in [6.45, 7) is 0. The molecule has 0 aromatic heterocycles. The Morgan fingerprint density at radius 3 is 2.05 bits per heavy atom. The highest BCUT2D eigenvalue weighted by atomic mass is 35.5. The zero-order valence-electron chi connectivity index (χ0n) is 9.54. The van der Waals surface area contributed by atoms with Crippen molar-refractivity contribution in [1.82, 2.24) is 0 Å². The van der Waals surface area contributed by atoms with Crippen LogP contribution in [0.25, 0.3) is 11.1 Å². The maximum absolute atomic E-state index is 12.4. The number of hydrogen-bond acceptors (Lipinski definition) is 1. The van der Waals surface area contributed by atoms with E-state index in [2.05, 4.69) is 0 Å². The fraction of sp³-hybridized carbons (Fsp3) is 0.0714. The van der Waals surface area contributed by atoms with Crippen molar-refractivity contribution >= 4 is 17.9 Å². The van der Waals surface area contributed by atoms with E-state index in [4.69, 9.17) is 11.6 Å². The monoisotopic (exact) mass is 284 g/mol. The largest absolute Gasteiger partial charge is 0.416 e. The van der Waals surface area contributed by atoms with Crippen molar-refractivity contribution in [1.29, 1.82) is 0 Å². The molecule has 2 aromatic carbocycles. The van der Waals surface area contributed by atoms with Gasteiger partial charge in [0, 0.05) is 5.56 Å². The predicted octanol–water partition coefficient (Wildman–Crippen LogP) is 4.84. The van der Waals surface area contributed by atoms with Gasteiger partial charge in [-0.05, 0) is 35.4 Å². The molecule has 0 aliphatic rings. The first-order chi connectivity index (χ1) is 8.91. The van der Waals surface area contributed by atoms with Gasteiger partial charge in [-0.2, -0.15) is 13.2 Å². The van der Waals surface area contributed by atoms with E-state index in [1.165, 1.54) is 24.3 Å². The Morgan fingerprint density at radius 1 is 0.947 bits per heavy atom. The van der Waals surface area contributed by atoms with Gasteiger partial charge in [-0.25, -0.2) is 0 Å². The highest BCUT2D eigenvalue weighted by Gasteiger charge is 2.29. The van der Waals surface area contributed by atoms with Crippen molar-refractivity contribution in [2.75, 3.05) is 0 Å². The summed E-state index contributed by atoms with van der Waals surface area (Å²) < 4.78 is 37.3. The number of hydrogen-bond donors (Lipinski definition) is 0. The van der Waals surface area contributed by atoms with Crippen LogP contribution in [-0.2, 0) is 6.18 Å². The van der Waals surface area contributed by atoms with Crippen molar-refractivity contribution < 1.29 is 18.0 Å². The third kappa shape index (κ3) is 2.96. The first kappa shape index (κ1) is 13.6. The Kier molecular flexibility index (Phi) is 3.62. The zero-order valence-corrected chi connectivity index (χ0v) is 10.3.